The van der Waals surface area contributed by atoms with Crippen LogP contribution in [0.3, 0.4) is 0 Å². The molecule has 0 aliphatic rings. The Morgan fingerprint density at radius 2 is 1.62 bits per heavy atom. The lowest BCUT2D eigenvalue weighted by molar-refractivity contribution is -0.116. The Morgan fingerprint density at radius 3 is 2.14 bits per heavy atom. The molecule has 6 heteroatoms. The van der Waals surface area contributed by atoms with E-state index < -0.39 is 29.1 Å². The van der Waals surface area contributed by atoms with E-state index in [1.165, 1.54) is 6.07 Å². The third-order valence-electron chi connectivity index (χ3n) is 2.89. The van der Waals surface area contributed by atoms with Crippen molar-refractivity contribution in [1.29, 1.82) is 0 Å². The molecule has 0 aliphatic carbocycles. The van der Waals surface area contributed by atoms with Crippen molar-refractivity contribution in [2.45, 2.75) is 5.92 Å². The highest BCUT2D eigenvalue weighted by Crippen LogP contribution is 2.22. The number of anilines is 1. The molecule has 0 bridgehead atoms. The van der Waals surface area contributed by atoms with Gasteiger partial charge >= 0.3 is 0 Å². The van der Waals surface area contributed by atoms with Crippen molar-refractivity contribution >= 4 is 28.8 Å². The number of thiocarbonyl (C=S) groups is 1. The molecule has 1 amide bonds. The average molecular weight is 306 g/mol. The molecule has 0 radical (unpaired) electrons. The highest BCUT2D eigenvalue weighted by molar-refractivity contribution is 7.80. The maximum atomic E-state index is 13.6. The summed E-state index contributed by atoms with van der Waals surface area (Å²) in [4.78, 5) is 12.2. The highest BCUT2D eigenvalue weighted by atomic mass is 32.1. The lowest BCUT2D eigenvalue weighted by Gasteiger charge is -2.16. The fourth-order valence-corrected chi connectivity index (χ4v) is 2.15. The quantitative estimate of drug-likeness (QED) is 0.854. The van der Waals surface area contributed by atoms with Crippen molar-refractivity contribution in [3.63, 3.8) is 0 Å². The lowest BCUT2D eigenvalue weighted by atomic mass is 9.98. The van der Waals surface area contributed by atoms with Crippen LogP contribution in [0.1, 0.15) is 11.5 Å². The zero-order valence-corrected chi connectivity index (χ0v) is 11.7. The monoisotopic (exact) mass is 306 g/mol. The van der Waals surface area contributed by atoms with Crippen LogP contribution in [0.15, 0.2) is 48.5 Å². The number of benzene rings is 2. The van der Waals surface area contributed by atoms with Gasteiger partial charge in [0.1, 0.15) is 23.2 Å². The number of nitrogens with one attached hydrogen (secondary N) is 1. The Bertz CT molecular complexity index is 656. The van der Waals surface area contributed by atoms with E-state index in [0.29, 0.717) is 5.56 Å². The molecule has 0 spiro atoms. The van der Waals surface area contributed by atoms with E-state index in [-0.39, 0.29) is 4.99 Å². The highest BCUT2D eigenvalue weighted by Gasteiger charge is 2.25. The first-order valence-electron chi connectivity index (χ1n) is 6.10. The molecule has 1 atom stereocenters. The Labute approximate surface area is 125 Å². The van der Waals surface area contributed by atoms with Gasteiger partial charge in [-0.25, -0.2) is 8.78 Å². The number of hydrogen-bond acceptors (Lipinski definition) is 2. The third kappa shape index (κ3) is 3.41. The van der Waals surface area contributed by atoms with Crippen molar-refractivity contribution in [3.05, 3.63) is 65.7 Å². The minimum absolute atomic E-state index is 0.0737. The van der Waals surface area contributed by atoms with E-state index >= 15 is 0 Å². The second kappa shape index (κ2) is 6.41. The predicted octanol–water partition coefficient (Wildman–Crippen LogP) is 2.97. The lowest BCUT2D eigenvalue weighted by Crippen LogP contribution is -2.31. The van der Waals surface area contributed by atoms with Gasteiger partial charge in [-0.2, -0.15) is 0 Å². The van der Waals surface area contributed by atoms with Gasteiger partial charge in [0.25, 0.3) is 0 Å². The maximum absolute atomic E-state index is 13.6. The van der Waals surface area contributed by atoms with Crippen LogP contribution in [0.25, 0.3) is 0 Å². The molecule has 3 nitrogen and oxygen atoms in total. The van der Waals surface area contributed by atoms with Gasteiger partial charge in [0, 0.05) is 0 Å². The smallest absolute Gasteiger partial charge is 0.238 e. The number of carbonyl (C=O) groups is 1. The molecular weight excluding hydrogens is 294 g/mol. The second-order valence-corrected chi connectivity index (χ2v) is 4.80. The molecule has 3 N–H and O–H groups in total. The standard InChI is InChI=1S/C15H12F2N2OS/c16-10-7-4-8-11(17)13(10)19-15(20)12(14(18)21)9-5-2-1-3-6-9/h1-8,12H,(H2,18,21)(H,19,20). The summed E-state index contributed by atoms with van der Waals surface area (Å²) in [6.07, 6.45) is 0. The van der Waals surface area contributed by atoms with Crippen LogP contribution in [0.5, 0.6) is 0 Å². The first kappa shape index (κ1) is 15.1. The SMILES string of the molecule is NC(=S)C(C(=O)Nc1c(F)cccc1F)c1ccccc1. The average Bonchev–Trinajstić information content (AvgIpc) is 2.44. The molecule has 0 aromatic heterocycles. The number of rotatable bonds is 4. The number of nitrogens with two attached hydrogens (primary N) is 1. The minimum Gasteiger partial charge on any atom is -0.392 e. The first-order chi connectivity index (χ1) is 10.0. The van der Waals surface area contributed by atoms with Crippen LogP contribution < -0.4 is 11.1 Å². The third-order valence-corrected chi connectivity index (χ3v) is 3.13. The van der Waals surface area contributed by atoms with Crippen LogP contribution in [-0.4, -0.2) is 10.9 Å². The van der Waals surface area contributed by atoms with Gasteiger partial charge < -0.3 is 11.1 Å². The van der Waals surface area contributed by atoms with Crippen molar-refractivity contribution in [3.8, 4) is 0 Å². The van der Waals surface area contributed by atoms with E-state index in [1.807, 2.05) is 0 Å². The number of amides is 1. The summed E-state index contributed by atoms with van der Waals surface area (Å²) in [5.74, 6) is -3.37. The van der Waals surface area contributed by atoms with E-state index in [2.05, 4.69) is 5.32 Å². The fraction of sp³-hybridized carbons (Fsp3) is 0.0667. The summed E-state index contributed by atoms with van der Waals surface area (Å²) in [5.41, 5.74) is 5.62. The van der Waals surface area contributed by atoms with Crippen LogP contribution in [0.2, 0.25) is 0 Å². The Balaban J connectivity index is 2.31. The predicted molar refractivity (Wildman–Crippen MR) is 81.0 cm³/mol. The molecule has 0 saturated carbocycles. The van der Waals surface area contributed by atoms with Gasteiger partial charge in [-0.3, -0.25) is 4.79 Å². The van der Waals surface area contributed by atoms with Crippen LogP contribution >= 0.6 is 12.2 Å². The summed E-state index contributed by atoms with van der Waals surface area (Å²) in [6, 6.07) is 11.9. The van der Waals surface area contributed by atoms with Gasteiger partial charge in [-0.15, -0.1) is 0 Å². The van der Waals surface area contributed by atoms with Gasteiger partial charge in [-0.1, -0.05) is 48.6 Å². The fourth-order valence-electron chi connectivity index (χ4n) is 1.90. The molecule has 2 rings (SSSR count). The van der Waals surface area contributed by atoms with E-state index in [0.717, 1.165) is 12.1 Å². The van der Waals surface area contributed by atoms with Crippen molar-refractivity contribution in [2.24, 2.45) is 5.73 Å². The Hall–Kier alpha value is -2.34. The molecule has 2 aromatic carbocycles. The van der Waals surface area contributed by atoms with Crippen LogP contribution in [0, 0.1) is 11.6 Å². The van der Waals surface area contributed by atoms with E-state index in [4.69, 9.17) is 18.0 Å². The van der Waals surface area contributed by atoms with Gasteiger partial charge in [0.15, 0.2) is 0 Å². The number of halogens is 2. The minimum atomic E-state index is -0.958. The van der Waals surface area contributed by atoms with Gasteiger partial charge in [0.2, 0.25) is 5.91 Å². The topological polar surface area (TPSA) is 55.1 Å². The van der Waals surface area contributed by atoms with Crippen molar-refractivity contribution < 1.29 is 13.6 Å². The summed E-state index contributed by atoms with van der Waals surface area (Å²) < 4.78 is 27.1. The molecule has 0 saturated heterocycles. The summed E-state index contributed by atoms with van der Waals surface area (Å²) >= 11 is 4.89. The van der Waals surface area contributed by atoms with Crippen molar-refractivity contribution in [2.75, 3.05) is 5.32 Å². The van der Waals surface area contributed by atoms with E-state index in [9.17, 15) is 13.6 Å². The summed E-state index contributed by atoms with van der Waals surface area (Å²) in [6.45, 7) is 0. The summed E-state index contributed by atoms with van der Waals surface area (Å²) in [5, 5.41) is 2.20. The normalized spacial score (nSPS) is 11.7. The molecule has 0 aliphatic heterocycles. The van der Waals surface area contributed by atoms with Crippen molar-refractivity contribution in [1.82, 2.24) is 0 Å². The number of carbonyl (C=O) groups excluding carboxylic acids is 1. The van der Waals surface area contributed by atoms with Gasteiger partial charge in [0.05, 0.1) is 4.99 Å². The first-order valence-corrected chi connectivity index (χ1v) is 6.50. The maximum Gasteiger partial charge on any atom is 0.238 e. The largest absolute Gasteiger partial charge is 0.392 e. The summed E-state index contributed by atoms with van der Waals surface area (Å²) in [7, 11) is 0. The molecule has 108 valence electrons. The molecule has 2 aromatic rings. The zero-order chi connectivity index (χ0) is 15.4. The van der Waals surface area contributed by atoms with Gasteiger partial charge in [-0.05, 0) is 17.7 Å². The van der Waals surface area contributed by atoms with Crippen LogP contribution in [-0.2, 0) is 4.79 Å². The zero-order valence-electron chi connectivity index (χ0n) is 10.8. The molecular formula is C15H12F2N2OS. The number of para-hydroxylation sites is 1. The second-order valence-electron chi connectivity index (χ2n) is 4.33. The van der Waals surface area contributed by atoms with E-state index in [1.54, 1.807) is 30.3 Å². The number of hydrogen-bond donors (Lipinski definition) is 2. The van der Waals surface area contributed by atoms with Crippen LogP contribution in [0.4, 0.5) is 14.5 Å². The molecule has 0 heterocycles. The molecule has 21 heavy (non-hydrogen) atoms. The Morgan fingerprint density at radius 1 is 1.05 bits per heavy atom. The Kier molecular flexibility index (Phi) is 4.59. The molecule has 1 unspecified atom stereocenters. The molecule has 0 fully saturated rings.